The third-order valence-corrected chi connectivity index (χ3v) is 5.12. The van der Waals surface area contributed by atoms with Crippen LogP contribution in [0.2, 0.25) is 5.02 Å². The second kappa shape index (κ2) is 8.56. The lowest BCUT2D eigenvalue weighted by Gasteiger charge is -2.15. The van der Waals surface area contributed by atoms with Crippen molar-refractivity contribution in [3.63, 3.8) is 0 Å². The summed E-state index contributed by atoms with van der Waals surface area (Å²) in [7, 11) is 0. The zero-order chi connectivity index (χ0) is 18.5. The number of aromatic nitrogens is 3. The zero-order valence-corrected chi connectivity index (χ0v) is 16.1. The summed E-state index contributed by atoms with van der Waals surface area (Å²) < 4.78 is 20.9. The molecule has 0 spiro atoms. The van der Waals surface area contributed by atoms with Gasteiger partial charge in [0.2, 0.25) is 0 Å². The van der Waals surface area contributed by atoms with E-state index in [-0.39, 0.29) is 11.9 Å². The minimum atomic E-state index is -0.294. The molecule has 1 atom stereocenters. The minimum Gasteiger partial charge on any atom is -0.483 e. The molecule has 0 aliphatic rings. The van der Waals surface area contributed by atoms with Crippen LogP contribution >= 0.6 is 23.4 Å². The Kier molecular flexibility index (Phi) is 6.16. The van der Waals surface area contributed by atoms with Crippen LogP contribution in [0.4, 0.5) is 4.39 Å². The minimum absolute atomic E-state index is 0.289. The summed E-state index contributed by atoms with van der Waals surface area (Å²) in [6.07, 6.45) is -0.294. The molecule has 0 aliphatic carbocycles. The Bertz CT molecular complexity index is 852. The van der Waals surface area contributed by atoms with Gasteiger partial charge in [-0.25, -0.2) is 4.39 Å². The van der Waals surface area contributed by atoms with Crippen LogP contribution in [0.5, 0.6) is 5.75 Å². The first-order valence-electron chi connectivity index (χ1n) is 8.29. The Morgan fingerprint density at radius 2 is 1.81 bits per heavy atom. The van der Waals surface area contributed by atoms with Crippen molar-refractivity contribution in [3.8, 4) is 5.75 Å². The molecule has 0 radical (unpaired) electrons. The second-order valence-electron chi connectivity index (χ2n) is 5.71. The fraction of sp³-hybridized carbons (Fsp3) is 0.263. The van der Waals surface area contributed by atoms with E-state index in [1.54, 1.807) is 23.9 Å². The van der Waals surface area contributed by atoms with Gasteiger partial charge in [-0.05, 0) is 55.8 Å². The number of halogens is 2. The average molecular weight is 392 g/mol. The Balaban J connectivity index is 1.70. The van der Waals surface area contributed by atoms with Crippen LogP contribution in [0, 0.1) is 5.82 Å². The molecule has 0 bridgehead atoms. The van der Waals surface area contributed by atoms with Gasteiger partial charge >= 0.3 is 0 Å². The van der Waals surface area contributed by atoms with Crippen LogP contribution in [0.15, 0.2) is 53.7 Å². The Morgan fingerprint density at radius 3 is 2.46 bits per heavy atom. The van der Waals surface area contributed by atoms with E-state index >= 15 is 0 Å². The van der Waals surface area contributed by atoms with E-state index in [9.17, 15) is 4.39 Å². The first-order chi connectivity index (χ1) is 12.6. The second-order valence-corrected chi connectivity index (χ2v) is 7.09. The van der Waals surface area contributed by atoms with Gasteiger partial charge in [0.1, 0.15) is 11.6 Å². The van der Waals surface area contributed by atoms with Gasteiger partial charge in [-0.1, -0.05) is 35.5 Å². The number of ether oxygens (including phenoxy) is 1. The molecule has 4 nitrogen and oxygen atoms in total. The fourth-order valence-corrected chi connectivity index (χ4v) is 3.59. The lowest BCUT2D eigenvalue weighted by molar-refractivity contribution is 0.209. The normalized spacial score (nSPS) is 12.2. The lowest BCUT2D eigenvalue weighted by Crippen LogP contribution is -2.12. The predicted molar refractivity (Wildman–Crippen MR) is 102 cm³/mol. The van der Waals surface area contributed by atoms with E-state index in [0.717, 1.165) is 28.3 Å². The van der Waals surface area contributed by atoms with Crippen molar-refractivity contribution in [2.24, 2.45) is 0 Å². The highest BCUT2D eigenvalue weighted by Gasteiger charge is 2.18. The van der Waals surface area contributed by atoms with Crippen molar-refractivity contribution >= 4 is 23.4 Å². The third-order valence-electron chi connectivity index (χ3n) is 3.83. The Morgan fingerprint density at radius 1 is 1.12 bits per heavy atom. The number of benzene rings is 2. The molecular weight excluding hydrogens is 373 g/mol. The fourth-order valence-electron chi connectivity index (χ4n) is 2.50. The molecule has 26 heavy (non-hydrogen) atoms. The molecule has 1 heterocycles. The first kappa shape index (κ1) is 18.7. The number of hydrogen-bond donors (Lipinski definition) is 0. The van der Waals surface area contributed by atoms with E-state index in [1.807, 2.05) is 42.7 Å². The van der Waals surface area contributed by atoms with Crippen LogP contribution in [0.3, 0.4) is 0 Å². The summed E-state index contributed by atoms with van der Waals surface area (Å²) >= 11 is 7.54. The molecule has 2 aromatic carbocycles. The monoisotopic (exact) mass is 391 g/mol. The molecule has 0 amide bonds. The van der Waals surface area contributed by atoms with E-state index < -0.39 is 0 Å². The zero-order valence-electron chi connectivity index (χ0n) is 14.5. The van der Waals surface area contributed by atoms with Crippen LogP contribution < -0.4 is 4.74 Å². The number of hydrogen-bond acceptors (Lipinski definition) is 4. The maximum Gasteiger partial charge on any atom is 0.191 e. The number of nitrogens with zero attached hydrogens (tertiary/aromatic N) is 3. The van der Waals surface area contributed by atoms with Gasteiger partial charge in [0.05, 0.1) is 0 Å². The molecule has 0 N–H and O–H groups in total. The van der Waals surface area contributed by atoms with Crippen LogP contribution in [0.25, 0.3) is 0 Å². The van der Waals surface area contributed by atoms with E-state index in [1.165, 1.54) is 17.7 Å². The Hall–Kier alpha value is -2.05. The van der Waals surface area contributed by atoms with Gasteiger partial charge in [0.15, 0.2) is 17.1 Å². The van der Waals surface area contributed by atoms with Gasteiger partial charge < -0.3 is 9.30 Å². The summed E-state index contributed by atoms with van der Waals surface area (Å²) in [5.74, 6) is 1.83. The molecule has 1 unspecified atom stereocenters. The van der Waals surface area contributed by atoms with Crippen molar-refractivity contribution in [1.29, 1.82) is 0 Å². The number of rotatable bonds is 7. The van der Waals surface area contributed by atoms with Gasteiger partial charge in [0.25, 0.3) is 0 Å². The van der Waals surface area contributed by atoms with E-state index in [4.69, 9.17) is 16.3 Å². The molecule has 3 aromatic rings. The SMILES string of the molecule is CCn1c(SCc2ccc(Cl)cc2)nnc1C(C)Oc1ccc(F)cc1. The van der Waals surface area contributed by atoms with Crippen LogP contribution in [-0.4, -0.2) is 14.8 Å². The lowest BCUT2D eigenvalue weighted by atomic mass is 10.2. The standard InChI is InChI=1S/C19H19ClFN3OS/c1-3-24-18(13(2)25-17-10-8-16(21)9-11-17)22-23-19(24)26-12-14-4-6-15(20)7-5-14/h4-11,13H,3,12H2,1-2H3. The van der Waals surface area contributed by atoms with Crippen molar-refractivity contribution in [3.05, 3.63) is 70.8 Å². The highest BCUT2D eigenvalue weighted by molar-refractivity contribution is 7.98. The largest absolute Gasteiger partial charge is 0.483 e. The van der Waals surface area contributed by atoms with Crippen LogP contribution in [0.1, 0.15) is 31.3 Å². The van der Waals surface area contributed by atoms with Gasteiger partial charge in [-0.15, -0.1) is 10.2 Å². The van der Waals surface area contributed by atoms with Gasteiger partial charge in [0, 0.05) is 17.3 Å². The van der Waals surface area contributed by atoms with E-state index in [0.29, 0.717) is 5.75 Å². The molecule has 1 aromatic heterocycles. The molecule has 0 aliphatic heterocycles. The van der Waals surface area contributed by atoms with Crippen LogP contribution in [-0.2, 0) is 12.3 Å². The van der Waals surface area contributed by atoms with Crippen molar-refractivity contribution in [2.45, 2.75) is 37.4 Å². The highest BCUT2D eigenvalue weighted by atomic mass is 35.5. The van der Waals surface area contributed by atoms with Gasteiger partial charge in [-0.2, -0.15) is 0 Å². The van der Waals surface area contributed by atoms with Crippen molar-refractivity contribution in [1.82, 2.24) is 14.8 Å². The average Bonchev–Trinajstić information content (AvgIpc) is 3.06. The molecular formula is C19H19ClFN3OS. The van der Waals surface area contributed by atoms with E-state index in [2.05, 4.69) is 10.2 Å². The van der Waals surface area contributed by atoms with Crippen molar-refractivity contribution in [2.75, 3.05) is 0 Å². The summed E-state index contributed by atoms with van der Waals surface area (Å²) in [5, 5.41) is 10.2. The number of thioether (sulfide) groups is 1. The highest BCUT2D eigenvalue weighted by Crippen LogP contribution is 2.27. The maximum atomic E-state index is 13.0. The topological polar surface area (TPSA) is 39.9 Å². The molecule has 0 fully saturated rings. The smallest absolute Gasteiger partial charge is 0.191 e. The summed E-state index contributed by atoms with van der Waals surface area (Å²) in [6.45, 7) is 4.69. The van der Waals surface area contributed by atoms with Gasteiger partial charge in [-0.3, -0.25) is 0 Å². The first-order valence-corrected chi connectivity index (χ1v) is 9.65. The molecule has 136 valence electrons. The summed E-state index contributed by atoms with van der Waals surface area (Å²) in [4.78, 5) is 0. The Labute approximate surface area is 161 Å². The molecule has 3 rings (SSSR count). The van der Waals surface area contributed by atoms with Crippen molar-refractivity contribution < 1.29 is 9.13 Å². The molecule has 0 saturated carbocycles. The third kappa shape index (κ3) is 4.56. The maximum absolute atomic E-state index is 13.0. The summed E-state index contributed by atoms with van der Waals surface area (Å²) in [5.41, 5.74) is 1.17. The summed E-state index contributed by atoms with van der Waals surface area (Å²) in [6, 6.07) is 13.7. The quantitative estimate of drug-likeness (QED) is 0.497. The molecule has 7 heteroatoms. The predicted octanol–water partition coefficient (Wildman–Crippen LogP) is 5.52. The molecule has 0 saturated heterocycles.